The quantitative estimate of drug-likeness (QED) is 0.657. The van der Waals surface area contributed by atoms with Gasteiger partial charge in [0.25, 0.3) is 0 Å². The molecule has 0 fully saturated rings. The van der Waals surface area contributed by atoms with Gasteiger partial charge < -0.3 is 0 Å². The predicted octanol–water partition coefficient (Wildman–Crippen LogP) is 3.82. The van der Waals surface area contributed by atoms with Gasteiger partial charge in [0, 0.05) is 22.9 Å². The van der Waals surface area contributed by atoms with Gasteiger partial charge in [0.15, 0.2) is 0 Å². The molecular formula is C13H9NS. The average Bonchev–Trinajstić information content (AvgIpc) is 2.51. The third-order valence-electron chi connectivity index (χ3n) is 2.45. The second-order valence-corrected chi connectivity index (χ2v) is 4.33. The minimum absolute atomic E-state index is 1.21. The van der Waals surface area contributed by atoms with E-state index in [2.05, 4.69) is 40.8 Å². The third-order valence-corrected chi connectivity index (χ3v) is 3.33. The van der Waals surface area contributed by atoms with E-state index in [0.717, 1.165) is 0 Å². The van der Waals surface area contributed by atoms with Crippen LogP contribution in [-0.4, -0.2) is 4.98 Å². The Hall–Kier alpha value is -1.54. The smallest absolute Gasteiger partial charge is 0.0346 e. The molecule has 2 heterocycles. The topological polar surface area (TPSA) is 12.9 Å². The Morgan fingerprint density at radius 1 is 1.20 bits per heavy atom. The maximum absolute atomic E-state index is 4.19. The standard InChI is InChI=1S/C13H9NS/c1-2-7-15-13-8-10-9-14-6-3-5-11(10)12(13)4-1/h1-9H. The number of hydrogen-bond donors (Lipinski definition) is 0. The van der Waals surface area contributed by atoms with Crippen molar-refractivity contribution in [2.45, 2.75) is 4.90 Å². The van der Waals surface area contributed by atoms with Crippen molar-refractivity contribution in [3.05, 3.63) is 53.7 Å². The van der Waals surface area contributed by atoms with E-state index in [-0.39, 0.29) is 0 Å². The summed E-state index contributed by atoms with van der Waals surface area (Å²) in [5.41, 5.74) is 3.78. The maximum atomic E-state index is 4.19. The van der Waals surface area contributed by atoms with Crippen molar-refractivity contribution in [1.29, 1.82) is 0 Å². The van der Waals surface area contributed by atoms with Gasteiger partial charge in [0.2, 0.25) is 0 Å². The van der Waals surface area contributed by atoms with Gasteiger partial charge in [-0.1, -0.05) is 36.1 Å². The van der Waals surface area contributed by atoms with Gasteiger partial charge in [0.1, 0.15) is 0 Å². The van der Waals surface area contributed by atoms with Crippen molar-refractivity contribution in [1.82, 2.24) is 4.98 Å². The molecular weight excluding hydrogens is 202 g/mol. The lowest BCUT2D eigenvalue weighted by molar-refractivity contribution is 1.37. The zero-order valence-electron chi connectivity index (χ0n) is 8.05. The van der Waals surface area contributed by atoms with Crippen molar-refractivity contribution in [2.75, 3.05) is 0 Å². The summed E-state index contributed by atoms with van der Waals surface area (Å²) in [6.45, 7) is 0. The second kappa shape index (κ2) is 3.55. The summed E-state index contributed by atoms with van der Waals surface area (Å²) in [7, 11) is 0. The minimum Gasteiger partial charge on any atom is -0.264 e. The average molecular weight is 211 g/mol. The molecule has 0 radical (unpaired) electrons. The second-order valence-electron chi connectivity index (χ2n) is 3.38. The van der Waals surface area contributed by atoms with Crippen LogP contribution in [0.3, 0.4) is 0 Å². The molecule has 0 aromatic heterocycles. The summed E-state index contributed by atoms with van der Waals surface area (Å²) in [6, 6.07) is 6.30. The number of nitrogens with zero attached hydrogens (tertiary/aromatic N) is 1. The molecule has 2 aliphatic heterocycles. The molecule has 72 valence electrons. The first-order valence-electron chi connectivity index (χ1n) is 4.82. The van der Waals surface area contributed by atoms with Crippen molar-refractivity contribution < 1.29 is 0 Å². The summed E-state index contributed by atoms with van der Waals surface area (Å²) < 4.78 is 0. The van der Waals surface area contributed by atoms with Crippen LogP contribution in [0.2, 0.25) is 0 Å². The molecule has 0 spiro atoms. The number of aromatic nitrogens is 1. The first-order chi connectivity index (χ1) is 7.45. The van der Waals surface area contributed by atoms with Gasteiger partial charge in [-0.15, -0.1) is 0 Å². The molecule has 1 nitrogen and oxygen atoms in total. The highest BCUT2D eigenvalue weighted by Crippen LogP contribution is 2.39. The van der Waals surface area contributed by atoms with Crippen LogP contribution in [-0.2, 0) is 0 Å². The van der Waals surface area contributed by atoms with Crippen LogP contribution in [0.1, 0.15) is 5.56 Å². The third kappa shape index (κ3) is 1.47. The Kier molecular flexibility index (Phi) is 2.07. The van der Waals surface area contributed by atoms with E-state index in [1.807, 2.05) is 18.5 Å². The van der Waals surface area contributed by atoms with Gasteiger partial charge in [-0.3, -0.25) is 4.98 Å². The number of fused-ring (bicyclic) bond motifs is 3. The van der Waals surface area contributed by atoms with Crippen molar-refractivity contribution in [3.8, 4) is 11.1 Å². The van der Waals surface area contributed by atoms with E-state index in [9.17, 15) is 0 Å². The molecule has 0 bridgehead atoms. The predicted molar refractivity (Wildman–Crippen MR) is 64.9 cm³/mol. The van der Waals surface area contributed by atoms with Crippen LogP contribution in [0.4, 0.5) is 0 Å². The highest BCUT2D eigenvalue weighted by molar-refractivity contribution is 8.02. The number of thioether (sulfide) groups is 1. The Morgan fingerprint density at radius 2 is 2.20 bits per heavy atom. The molecule has 2 heteroatoms. The van der Waals surface area contributed by atoms with E-state index < -0.39 is 0 Å². The van der Waals surface area contributed by atoms with Crippen molar-refractivity contribution in [2.24, 2.45) is 0 Å². The molecule has 0 atom stereocenters. The largest absolute Gasteiger partial charge is 0.264 e. The fraction of sp³-hybridized carbons (Fsp3) is 0. The molecule has 0 aromatic rings. The summed E-state index contributed by atoms with van der Waals surface area (Å²) in [5, 5.41) is 2.11. The molecule has 15 heavy (non-hydrogen) atoms. The van der Waals surface area contributed by atoms with Gasteiger partial charge in [0.05, 0.1) is 0 Å². The molecule has 0 saturated carbocycles. The van der Waals surface area contributed by atoms with E-state index >= 15 is 0 Å². The van der Waals surface area contributed by atoms with Gasteiger partial charge in [-0.2, -0.15) is 0 Å². The van der Waals surface area contributed by atoms with Crippen molar-refractivity contribution in [3.63, 3.8) is 0 Å². The lowest BCUT2D eigenvalue weighted by atomic mass is 10.1. The Balaban J connectivity index is 2.31. The molecule has 0 saturated heterocycles. The SMILES string of the molecule is C1=CSc2cc3cncccc-3c2C=C1. The van der Waals surface area contributed by atoms with Gasteiger partial charge in [-0.05, 0) is 28.7 Å². The minimum atomic E-state index is 1.21. The van der Waals surface area contributed by atoms with Gasteiger partial charge >= 0.3 is 0 Å². The van der Waals surface area contributed by atoms with Crippen LogP contribution in [0.25, 0.3) is 17.2 Å². The molecule has 0 aromatic carbocycles. The fourth-order valence-corrected chi connectivity index (χ4v) is 2.59. The highest BCUT2D eigenvalue weighted by atomic mass is 32.2. The summed E-state index contributed by atoms with van der Waals surface area (Å²) in [6.07, 6.45) is 10.0. The normalized spacial score (nSPS) is 13.9. The van der Waals surface area contributed by atoms with E-state index in [1.165, 1.54) is 21.6 Å². The maximum Gasteiger partial charge on any atom is 0.0346 e. The molecule has 3 rings (SSSR count). The Labute approximate surface area is 92.9 Å². The molecule has 3 aliphatic rings. The Bertz CT molecular complexity index is 528. The molecule has 0 N–H and O–H groups in total. The first-order valence-corrected chi connectivity index (χ1v) is 5.70. The van der Waals surface area contributed by atoms with Crippen LogP contribution in [0.5, 0.6) is 0 Å². The van der Waals surface area contributed by atoms with Crippen LogP contribution < -0.4 is 0 Å². The molecule has 0 amide bonds. The van der Waals surface area contributed by atoms with Gasteiger partial charge in [-0.25, -0.2) is 0 Å². The zero-order valence-corrected chi connectivity index (χ0v) is 8.87. The number of hydrogen-bond acceptors (Lipinski definition) is 2. The monoisotopic (exact) mass is 211 g/mol. The van der Waals surface area contributed by atoms with Crippen LogP contribution >= 0.6 is 11.8 Å². The summed E-state index contributed by atoms with van der Waals surface area (Å²) in [4.78, 5) is 5.50. The van der Waals surface area contributed by atoms with Crippen molar-refractivity contribution >= 4 is 17.8 Å². The fourth-order valence-electron chi connectivity index (χ4n) is 1.77. The summed E-state index contributed by atoms with van der Waals surface area (Å²) in [5.74, 6) is 0. The lowest BCUT2D eigenvalue weighted by Gasteiger charge is -1.95. The van der Waals surface area contributed by atoms with E-state index in [1.54, 1.807) is 11.8 Å². The zero-order chi connectivity index (χ0) is 10.1. The Morgan fingerprint density at radius 3 is 3.20 bits per heavy atom. The van der Waals surface area contributed by atoms with E-state index in [0.29, 0.717) is 0 Å². The van der Waals surface area contributed by atoms with Crippen LogP contribution in [0.15, 0.2) is 53.0 Å². The van der Waals surface area contributed by atoms with E-state index in [4.69, 9.17) is 0 Å². The molecule has 1 aliphatic carbocycles. The van der Waals surface area contributed by atoms with Crippen LogP contribution in [0, 0.1) is 0 Å². The highest BCUT2D eigenvalue weighted by Gasteiger charge is 2.13. The summed E-state index contributed by atoms with van der Waals surface area (Å²) >= 11 is 1.76. The number of rotatable bonds is 0. The molecule has 0 unspecified atom stereocenters. The first kappa shape index (κ1) is 8.74. The lowest BCUT2D eigenvalue weighted by Crippen LogP contribution is -1.71. The number of allylic oxidation sites excluding steroid dienone is 2.